The Bertz CT molecular complexity index is 617. The Hall–Kier alpha value is -1.95. The monoisotopic (exact) mass is 338 g/mol. The maximum Gasteiger partial charge on any atom is 0.339 e. The zero-order chi connectivity index (χ0) is 14.5. The first kappa shape index (κ1) is 14.5. The minimum absolute atomic E-state index is 0.308. The molecule has 0 fully saturated rings. The van der Waals surface area contributed by atoms with E-state index in [1.807, 2.05) is 0 Å². The van der Waals surface area contributed by atoms with Crippen LogP contribution in [0.4, 0.5) is 15.9 Å². The third kappa shape index (κ3) is 3.54. The first-order chi connectivity index (χ1) is 9.60. The first-order valence-electron chi connectivity index (χ1n) is 5.95. The molecule has 0 spiro atoms. The molecule has 4 nitrogen and oxygen atoms in total. The van der Waals surface area contributed by atoms with Gasteiger partial charge in [-0.1, -0.05) is 15.9 Å². The minimum Gasteiger partial charge on any atom is -0.462 e. The lowest BCUT2D eigenvalue weighted by molar-refractivity contribution is 0.0526. The van der Waals surface area contributed by atoms with E-state index in [2.05, 4.69) is 26.2 Å². The molecule has 1 heterocycles. The van der Waals surface area contributed by atoms with Crippen LogP contribution in [0.1, 0.15) is 17.3 Å². The van der Waals surface area contributed by atoms with Gasteiger partial charge in [0.25, 0.3) is 0 Å². The van der Waals surface area contributed by atoms with Gasteiger partial charge in [-0.25, -0.2) is 14.2 Å². The standard InChI is InChI=1S/C14H12BrFN2O2/c1-2-20-14(19)9-3-6-13(17-8-9)18-12-5-4-10(15)7-11(12)16/h3-8H,2H2,1H3,(H,17,18). The van der Waals surface area contributed by atoms with Crippen molar-refractivity contribution in [2.24, 2.45) is 0 Å². The summed E-state index contributed by atoms with van der Waals surface area (Å²) in [5.41, 5.74) is 0.665. The number of aromatic nitrogens is 1. The smallest absolute Gasteiger partial charge is 0.339 e. The van der Waals surface area contributed by atoms with Crippen molar-refractivity contribution in [3.8, 4) is 0 Å². The Balaban J connectivity index is 2.12. The van der Waals surface area contributed by atoms with Crippen molar-refractivity contribution in [3.63, 3.8) is 0 Å². The highest BCUT2D eigenvalue weighted by atomic mass is 79.9. The SMILES string of the molecule is CCOC(=O)c1ccc(Nc2ccc(Br)cc2F)nc1. The number of esters is 1. The summed E-state index contributed by atoms with van der Waals surface area (Å²) >= 11 is 3.19. The average molecular weight is 339 g/mol. The number of ether oxygens (including phenoxy) is 1. The summed E-state index contributed by atoms with van der Waals surface area (Å²) in [5, 5.41) is 2.84. The van der Waals surface area contributed by atoms with Crippen LogP contribution in [0, 0.1) is 5.82 Å². The molecule has 20 heavy (non-hydrogen) atoms. The molecule has 0 radical (unpaired) electrons. The molecule has 0 aliphatic rings. The van der Waals surface area contributed by atoms with Crippen LogP contribution in [0.5, 0.6) is 0 Å². The molecule has 0 atom stereocenters. The van der Waals surface area contributed by atoms with Crippen LogP contribution in [0.3, 0.4) is 0 Å². The number of hydrogen-bond donors (Lipinski definition) is 1. The third-order valence-electron chi connectivity index (χ3n) is 2.47. The molecule has 0 aliphatic heterocycles. The van der Waals surface area contributed by atoms with Crippen molar-refractivity contribution in [3.05, 3.63) is 52.4 Å². The fourth-order valence-corrected chi connectivity index (χ4v) is 1.86. The van der Waals surface area contributed by atoms with E-state index in [0.717, 1.165) is 0 Å². The fourth-order valence-electron chi connectivity index (χ4n) is 1.53. The summed E-state index contributed by atoms with van der Waals surface area (Å²) in [5.74, 6) is -0.378. The van der Waals surface area contributed by atoms with Gasteiger partial charge < -0.3 is 10.1 Å². The second-order valence-electron chi connectivity index (χ2n) is 3.90. The topological polar surface area (TPSA) is 51.2 Å². The molecular formula is C14H12BrFN2O2. The molecule has 1 aromatic carbocycles. The van der Waals surface area contributed by atoms with Gasteiger partial charge in [0.2, 0.25) is 0 Å². The van der Waals surface area contributed by atoms with Gasteiger partial charge in [-0.3, -0.25) is 0 Å². The molecule has 0 saturated carbocycles. The number of benzene rings is 1. The fraction of sp³-hybridized carbons (Fsp3) is 0.143. The zero-order valence-electron chi connectivity index (χ0n) is 10.7. The van der Waals surface area contributed by atoms with Crippen molar-refractivity contribution in [1.82, 2.24) is 4.98 Å². The van der Waals surface area contributed by atoms with Crippen LogP contribution in [0.15, 0.2) is 41.0 Å². The van der Waals surface area contributed by atoms with Crippen LogP contribution in [-0.2, 0) is 4.74 Å². The van der Waals surface area contributed by atoms with E-state index in [1.165, 1.54) is 12.3 Å². The van der Waals surface area contributed by atoms with Crippen LogP contribution in [0.25, 0.3) is 0 Å². The molecule has 1 N–H and O–H groups in total. The molecular weight excluding hydrogens is 327 g/mol. The zero-order valence-corrected chi connectivity index (χ0v) is 12.3. The van der Waals surface area contributed by atoms with E-state index >= 15 is 0 Å². The number of nitrogens with one attached hydrogen (secondary N) is 1. The van der Waals surface area contributed by atoms with Gasteiger partial charge >= 0.3 is 5.97 Å². The summed E-state index contributed by atoms with van der Waals surface area (Å²) in [6.45, 7) is 2.04. The Labute approximate surface area is 124 Å². The number of hydrogen-bond acceptors (Lipinski definition) is 4. The van der Waals surface area contributed by atoms with Crippen LogP contribution < -0.4 is 5.32 Å². The Kier molecular flexibility index (Phi) is 4.68. The minimum atomic E-state index is -0.429. The van der Waals surface area contributed by atoms with Gasteiger partial charge in [-0.05, 0) is 37.3 Å². The molecule has 0 bridgehead atoms. The summed E-state index contributed by atoms with van der Waals surface area (Å²) < 4.78 is 19.2. The van der Waals surface area contributed by atoms with Crippen molar-refractivity contribution < 1.29 is 13.9 Å². The largest absolute Gasteiger partial charge is 0.462 e. The molecule has 0 unspecified atom stereocenters. The van der Waals surface area contributed by atoms with Crippen molar-refractivity contribution in [2.75, 3.05) is 11.9 Å². The highest BCUT2D eigenvalue weighted by Gasteiger charge is 2.08. The number of halogens is 2. The Morgan fingerprint density at radius 1 is 1.40 bits per heavy atom. The summed E-state index contributed by atoms with van der Waals surface area (Å²) in [6.07, 6.45) is 1.39. The second kappa shape index (κ2) is 6.47. The van der Waals surface area contributed by atoms with Crippen LogP contribution in [-0.4, -0.2) is 17.6 Å². The third-order valence-corrected chi connectivity index (χ3v) is 2.96. The number of carbonyl (C=O) groups excluding carboxylic acids is 1. The van der Waals surface area contributed by atoms with E-state index in [1.54, 1.807) is 31.2 Å². The highest BCUT2D eigenvalue weighted by molar-refractivity contribution is 9.10. The molecule has 6 heteroatoms. The van der Waals surface area contributed by atoms with Gasteiger partial charge in [-0.15, -0.1) is 0 Å². The average Bonchev–Trinajstić information content (AvgIpc) is 2.43. The molecule has 1 aromatic heterocycles. The lowest BCUT2D eigenvalue weighted by Crippen LogP contribution is -2.05. The number of rotatable bonds is 4. The van der Waals surface area contributed by atoms with E-state index < -0.39 is 11.8 Å². The van der Waals surface area contributed by atoms with E-state index in [4.69, 9.17) is 4.74 Å². The summed E-state index contributed by atoms with van der Waals surface area (Å²) in [7, 11) is 0. The van der Waals surface area contributed by atoms with Gasteiger partial charge in [0, 0.05) is 10.7 Å². The van der Waals surface area contributed by atoms with Crippen LogP contribution >= 0.6 is 15.9 Å². The molecule has 2 aromatic rings. The Morgan fingerprint density at radius 3 is 2.80 bits per heavy atom. The van der Waals surface area contributed by atoms with E-state index in [9.17, 15) is 9.18 Å². The van der Waals surface area contributed by atoms with Crippen molar-refractivity contribution in [2.45, 2.75) is 6.92 Å². The predicted molar refractivity (Wildman–Crippen MR) is 77.6 cm³/mol. The number of nitrogens with zero attached hydrogens (tertiary/aromatic N) is 1. The van der Waals surface area contributed by atoms with Gasteiger partial charge in [-0.2, -0.15) is 0 Å². The Morgan fingerprint density at radius 2 is 2.20 bits per heavy atom. The van der Waals surface area contributed by atoms with Crippen molar-refractivity contribution in [1.29, 1.82) is 0 Å². The molecule has 0 amide bonds. The van der Waals surface area contributed by atoms with E-state index in [0.29, 0.717) is 28.1 Å². The lowest BCUT2D eigenvalue weighted by Gasteiger charge is -2.07. The van der Waals surface area contributed by atoms with Crippen molar-refractivity contribution >= 4 is 33.4 Å². The first-order valence-corrected chi connectivity index (χ1v) is 6.74. The van der Waals surface area contributed by atoms with Gasteiger partial charge in [0.05, 0.1) is 17.9 Å². The maximum atomic E-state index is 13.6. The lowest BCUT2D eigenvalue weighted by atomic mass is 10.2. The van der Waals surface area contributed by atoms with Crippen LogP contribution in [0.2, 0.25) is 0 Å². The highest BCUT2D eigenvalue weighted by Crippen LogP contribution is 2.22. The predicted octanol–water partition coefficient (Wildman–Crippen LogP) is 3.90. The molecule has 0 aliphatic carbocycles. The number of carbonyl (C=O) groups is 1. The quantitative estimate of drug-likeness (QED) is 0.859. The summed E-state index contributed by atoms with van der Waals surface area (Å²) in [4.78, 5) is 15.5. The molecule has 0 saturated heterocycles. The summed E-state index contributed by atoms with van der Waals surface area (Å²) in [6, 6.07) is 7.84. The number of anilines is 2. The van der Waals surface area contributed by atoms with Gasteiger partial charge in [0.1, 0.15) is 11.6 Å². The van der Waals surface area contributed by atoms with E-state index in [-0.39, 0.29) is 0 Å². The van der Waals surface area contributed by atoms with Gasteiger partial charge in [0.15, 0.2) is 0 Å². The maximum absolute atomic E-state index is 13.6. The number of pyridine rings is 1. The second-order valence-corrected chi connectivity index (χ2v) is 4.82. The molecule has 2 rings (SSSR count). The molecule has 104 valence electrons. The normalized spacial score (nSPS) is 10.2.